The fraction of sp³-hybridized carbons (Fsp3) is 0.543. The Morgan fingerprint density at radius 1 is 0.977 bits per heavy atom. The number of aromatic nitrogens is 2. The summed E-state index contributed by atoms with van der Waals surface area (Å²) in [6.07, 6.45) is 11.7. The number of phenols is 1. The molecule has 8 heteroatoms. The summed E-state index contributed by atoms with van der Waals surface area (Å²) < 4.78 is 7.60. The number of nitrogens with zero attached hydrogens (tertiary/aromatic N) is 1. The first-order valence-electron chi connectivity index (χ1n) is 15.8. The zero-order chi connectivity index (χ0) is 31.6. The van der Waals surface area contributed by atoms with Crippen molar-refractivity contribution in [1.82, 2.24) is 9.78 Å². The molecule has 7 nitrogen and oxygen atoms in total. The van der Waals surface area contributed by atoms with Gasteiger partial charge < -0.3 is 15.2 Å². The average Bonchev–Trinajstić information content (AvgIpc) is 3.27. The molecule has 236 valence electrons. The van der Waals surface area contributed by atoms with Gasteiger partial charge in [0.1, 0.15) is 17.3 Å². The third kappa shape index (κ3) is 10.2. The van der Waals surface area contributed by atoms with E-state index in [1.54, 1.807) is 24.3 Å². The molecule has 0 radical (unpaired) electrons. The summed E-state index contributed by atoms with van der Waals surface area (Å²) in [4.78, 5) is 26.4. The number of H-pyrrole nitrogens is 1. The fourth-order valence-corrected chi connectivity index (χ4v) is 5.85. The first kappa shape index (κ1) is 34.3. The van der Waals surface area contributed by atoms with Gasteiger partial charge in [0.25, 0.3) is 11.5 Å². The smallest absolute Gasteiger partial charge is 0.273 e. The van der Waals surface area contributed by atoms with Gasteiger partial charge in [-0.25, -0.2) is 4.68 Å². The number of carbonyl (C=O) groups excluding carboxylic acids is 1. The van der Waals surface area contributed by atoms with E-state index in [1.807, 2.05) is 40.7 Å². The molecule has 0 saturated heterocycles. The summed E-state index contributed by atoms with van der Waals surface area (Å²) in [6, 6.07) is 10.2. The van der Waals surface area contributed by atoms with Crippen LogP contribution in [0.25, 0.3) is 5.69 Å². The maximum Gasteiger partial charge on any atom is 0.273 e. The number of aromatic amines is 1. The second-order valence-corrected chi connectivity index (χ2v) is 13.2. The lowest BCUT2D eigenvalue weighted by Crippen LogP contribution is -2.33. The number of carbonyl (C=O) groups is 1. The van der Waals surface area contributed by atoms with E-state index in [4.69, 9.17) is 16.3 Å². The Morgan fingerprint density at radius 3 is 2.21 bits per heavy atom. The molecule has 3 N–H and O–H groups in total. The second-order valence-electron chi connectivity index (χ2n) is 12.8. The SMILES string of the molecule is CCCCCCCCCCCCC(Oc1ccc(O)c(C(C)(C)C)c1)C(=O)Nc1cc(=O)n(-c2c(C)cc(C)cc2Cl)[nH]1. The number of phenolic OH excluding ortho intramolecular Hbond substituents is 1. The quantitative estimate of drug-likeness (QED) is 0.141. The number of ether oxygens (including phenoxy) is 1. The van der Waals surface area contributed by atoms with E-state index in [1.165, 1.54) is 55.7 Å². The van der Waals surface area contributed by atoms with Crippen molar-refractivity contribution in [2.45, 2.75) is 124 Å². The molecule has 1 atom stereocenters. The van der Waals surface area contributed by atoms with E-state index in [-0.39, 0.29) is 28.4 Å². The number of aromatic hydroxyl groups is 1. The van der Waals surface area contributed by atoms with E-state index < -0.39 is 6.10 Å². The van der Waals surface area contributed by atoms with Crippen molar-refractivity contribution < 1.29 is 14.6 Å². The Hall–Kier alpha value is -3.19. The summed E-state index contributed by atoms with van der Waals surface area (Å²) in [5, 5.41) is 16.7. The highest BCUT2D eigenvalue weighted by Crippen LogP contribution is 2.34. The molecule has 1 unspecified atom stereocenters. The van der Waals surface area contributed by atoms with Crippen molar-refractivity contribution in [2.24, 2.45) is 0 Å². The van der Waals surface area contributed by atoms with Crippen LogP contribution in [0.1, 0.15) is 115 Å². The van der Waals surface area contributed by atoms with Crippen LogP contribution in [0, 0.1) is 13.8 Å². The van der Waals surface area contributed by atoms with Gasteiger partial charge in [-0.3, -0.25) is 14.7 Å². The predicted molar refractivity (Wildman–Crippen MR) is 177 cm³/mol. The Balaban J connectivity index is 1.71. The summed E-state index contributed by atoms with van der Waals surface area (Å²) in [5.41, 5.74) is 2.51. The molecule has 0 saturated carbocycles. The molecule has 1 heterocycles. The normalized spacial score (nSPS) is 12.3. The highest BCUT2D eigenvalue weighted by atomic mass is 35.5. The standard InChI is InChI=1S/C35H50ClN3O4/c1-7-8-9-10-11-12-13-14-15-16-17-30(43-26-18-19-29(40)27(22-26)35(4,5)6)34(42)37-31-23-32(41)39(38-31)33-25(3)20-24(2)21-28(33)36/h18-23,30,38,40H,7-17H2,1-6H3,(H,37,42). The molecule has 0 aliphatic carbocycles. The lowest BCUT2D eigenvalue weighted by molar-refractivity contribution is -0.123. The topological polar surface area (TPSA) is 96.3 Å². The first-order valence-corrected chi connectivity index (χ1v) is 16.2. The number of hydrogen-bond donors (Lipinski definition) is 3. The number of aryl methyl sites for hydroxylation is 2. The minimum atomic E-state index is -0.775. The molecule has 3 rings (SSSR count). The van der Waals surface area contributed by atoms with Crippen LogP contribution in [0.3, 0.4) is 0 Å². The highest BCUT2D eigenvalue weighted by molar-refractivity contribution is 6.32. The predicted octanol–water partition coefficient (Wildman–Crippen LogP) is 9.14. The second kappa shape index (κ2) is 16.0. The van der Waals surface area contributed by atoms with Crippen molar-refractivity contribution in [3.05, 3.63) is 68.5 Å². The molecular weight excluding hydrogens is 562 g/mol. The van der Waals surface area contributed by atoms with Crippen molar-refractivity contribution in [2.75, 3.05) is 5.32 Å². The number of halogens is 1. The number of unbranched alkanes of at least 4 members (excludes halogenated alkanes) is 9. The van der Waals surface area contributed by atoms with Gasteiger partial charge in [0.15, 0.2) is 6.10 Å². The molecule has 0 spiro atoms. The van der Waals surface area contributed by atoms with Crippen molar-refractivity contribution in [1.29, 1.82) is 0 Å². The van der Waals surface area contributed by atoms with Gasteiger partial charge in [0.2, 0.25) is 0 Å². The zero-order valence-electron chi connectivity index (χ0n) is 26.8. The Bertz CT molecular complexity index is 1380. The van der Waals surface area contributed by atoms with Crippen LogP contribution in [-0.4, -0.2) is 26.9 Å². The summed E-state index contributed by atoms with van der Waals surface area (Å²) in [6.45, 7) is 12.1. The van der Waals surface area contributed by atoms with E-state index in [2.05, 4.69) is 17.3 Å². The maximum absolute atomic E-state index is 13.5. The van der Waals surface area contributed by atoms with Gasteiger partial charge in [-0.2, -0.15) is 0 Å². The zero-order valence-corrected chi connectivity index (χ0v) is 27.6. The van der Waals surface area contributed by atoms with Crippen LogP contribution in [0.5, 0.6) is 11.5 Å². The van der Waals surface area contributed by atoms with Crippen LogP contribution in [-0.2, 0) is 10.2 Å². The molecule has 0 aliphatic heterocycles. The van der Waals surface area contributed by atoms with Gasteiger partial charge in [-0.05, 0) is 67.5 Å². The number of benzene rings is 2. The Morgan fingerprint density at radius 2 is 1.60 bits per heavy atom. The van der Waals surface area contributed by atoms with Gasteiger partial charge in [-0.1, -0.05) is 103 Å². The summed E-state index contributed by atoms with van der Waals surface area (Å²) in [7, 11) is 0. The van der Waals surface area contributed by atoms with Crippen LogP contribution in [0.15, 0.2) is 41.2 Å². The third-order valence-corrected chi connectivity index (χ3v) is 8.06. The number of hydrogen-bond acceptors (Lipinski definition) is 4. The molecule has 2 aromatic carbocycles. The molecular formula is C35H50ClN3O4. The Kier molecular flexibility index (Phi) is 12.8. The molecule has 0 fully saturated rings. The molecule has 1 aromatic heterocycles. The van der Waals surface area contributed by atoms with Crippen LogP contribution in [0.2, 0.25) is 5.02 Å². The number of rotatable bonds is 16. The van der Waals surface area contributed by atoms with E-state index >= 15 is 0 Å². The van der Waals surface area contributed by atoms with E-state index in [0.29, 0.717) is 22.9 Å². The number of nitrogens with one attached hydrogen (secondary N) is 2. The highest BCUT2D eigenvalue weighted by Gasteiger charge is 2.24. The number of anilines is 1. The largest absolute Gasteiger partial charge is 0.508 e. The van der Waals surface area contributed by atoms with Crippen molar-refractivity contribution in [3.63, 3.8) is 0 Å². The average molecular weight is 612 g/mol. The van der Waals surface area contributed by atoms with Gasteiger partial charge in [-0.15, -0.1) is 0 Å². The third-order valence-electron chi connectivity index (χ3n) is 7.77. The summed E-state index contributed by atoms with van der Waals surface area (Å²) >= 11 is 6.48. The van der Waals surface area contributed by atoms with Gasteiger partial charge in [0.05, 0.1) is 10.7 Å². The fourth-order valence-electron chi connectivity index (χ4n) is 5.44. The van der Waals surface area contributed by atoms with Crippen LogP contribution < -0.4 is 15.6 Å². The number of amides is 1. The van der Waals surface area contributed by atoms with Crippen molar-refractivity contribution in [3.8, 4) is 17.2 Å². The van der Waals surface area contributed by atoms with E-state index in [9.17, 15) is 14.7 Å². The lowest BCUT2D eigenvalue weighted by atomic mass is 9.86. The summed E-state index contributed by atoms with van der Waals surface area (Å²) in [5.74, 6) is 0.632. The first-order chi connectivity index (χ1) is 20.4. The molecule has 3 aromatic rings. The van der Waals surface area contributed by atoms with E-state index in [0.717, 1.165) is 36.0 Å². The van der Waals surface area contributed by atoms with Crippen molar-refractivity contribution >= 4 is 23.3 Å². The molecule has 43 heavy (non-hydrogen) atoms. The maximum atomic E-state index is 13.5. The molecule has 0 bridgehead atoms. The lowest BCUT2D eigenvalue weighted by Gasteiger charge is -2.23. The molecule has 0 aliphatic rings. The minimum Gasteiger partial charge on any atom is -0.508 e. The van der Waals surface area contributed by atoms with Crippen LogP contribution >= 0.6 is 11.6 Å². The molecule has 1 amide bonds. The van der Waals surface area contributed by atoms with Gasteiger partial charge >= 0.3 is 0 Å². The Labute approximate surface area is 262 Å². The van der Waals surface area contributed by atoms with Gasteiger partial charge in [0, 0.05) is 11.6 Å². The minimum absolute atomic E-state index is 0.194. The van der Waals surface area contributed by atoms with Crippen LogP contribution in [0.4, 0.5) is 5.82 Å². The monoisotopic (exact) mass is 611 g/mol.